The molecule has 136 valence electrons. The Bertz CT molecular complexity index is 908. The maximum absolute atomic E-state index is 12.6. The third kappa shape index (κ3) is 3.26. The fraction of sp³-hybridized carbons (Fsp3) is 0.190. The number of hydrogen-bond donors (Lipinski definition) is 0. The van der Waals surface area contributed by atoms with Crippen LogP contribution in [0.4, 0.5) is 5.69 Å². The zero-order valence-electron chi connectivity index (χ0n) is 14.3. The molecule has 27 heavy (non-hydrogen) atoms. The fourth-order valence-corrected chi connectivity index (χ4v) is 3.60. The first-order chi connectivity index (χ1) is 13.0. The van der Waals surface area contributed by atoms with Crippen LogP contribution in [0.25, 0.3) is 0 Å². The van der Waals surface area contributed by atoms with E-state index in [9.17, 15) is 14.4 Å². The molecule has 1 fully saturated rings. The quantitative estimate of drug-likeness (QED) is 0.349. The summed E-state index contributed by atoms with van der Waals surface area (Å²) in [6.45, 7) is 0. The van der Waals surface area contributed by atoms with E-state index < -0.39 is 5.97 Å². The second-order valence-electron chi connectivity index (χ2n) is 6.56. The van der Waals surface area contributed by atoms with Gasteiger partial charge in [-0.2, -0.15) is 0 Å². The van der Waals surface area contributed by atoms with Crippen LogP contribution in [0.15, 0.2) is 60.7 Å². The molecule has 1 heterocycles. The van der Waals surface area contributed by atoms with Crippen molar-refractivity contribution >= 4 is 35.1 Å². The molecule has 0 N–H and O–H groups in total. The van der Waals surface area contributed by atoms with Crippen LogP contribution < -0.4 is 9.64 Å². The van der Waals surface area contributed by atoms with Crippen LogP contribution in [-0.2, 0) is 9.59 Å². The first kappa shape index (κ1) is 17.5. The maximum atomic E-state index is 12.6. The Morgan fingerprint density at radius 3 is 2.00 bits per heavy atom. The van der Waals surface area contributed by atoms with Crippen molar-refractivity contribution in [1.82, 2.24) is 0 Å². The normalized spacial score (nSPS) is 21.3. The zero-order valence-corrected chi connectivity index (χ0v) is 15.1. The Labute approximate surface area is 161 Å². The molecule has 1 saturated heterocycles. The molecule has 1 aliphatic carbocycles. The van der Waals surface area contributed by atoms with Crippen molar-refractivity contribution in [3.8, 4) is 5.75 Å². The van der Waals surface area contributed by atoms with Gasteiger partial charge in [-0.05, 0) is 61.4 Å². The number of fused-ring (bicyclic) bond motifs is 1. The van der Waals surface area contributed by atoms with E-state index in [-0.39, 0.29) is 23.7 Å². The Hall–Kier alpha value is -2.92. The van der Waals surface area contributed by atoms with Gasteiger partial charge in [-0.1, -0.05) is 23.8 Å². The molecule has 1 aliphatic heterocycles. The van der Waals surface area contributed by atoms with Gasteiger partial charge in [0, 0.05) is 5.02 Å². The molecule has 2 atom stereocenters. The Morgan fingerprint density at radius 2 is 1.44 bits per heavy atom. The number of ether oxygens (including phenoxy) is 1. The number of carbonyl (C=O) groups is 3. The summed E-state index contributed by atoms with van der Waals surface area (Å²) in [6.07, 6.45) is 5.09. The summed E-state index contributed by atoms with van der Waals surface area (Å²) < 4.78 is 5.29. The van der Waals surface area contributed by atoms with Gasteiger partial charge in [-0.25, -0.2) is 4.79 Å². The molecule has 2 aliphatic rings. The molecule has 0 aromatic heterocycles. The van der Waals surface area contributed by atoms with Crippen molar-refractivity contribution in [2.45, 2.75) is 12.8 Å². The van der Waals surface area contributed by atoms with Crippen LogP contribution in [0.1, 0.15) is 23.2 Å². The minimum atomic E-state index is -0.527. The predicted octanol–water partition coefficient (Wildman–Crippen LogP) is 4.01. The number of halogens is 1. The summed E-state index contributed by atoms with van der Waals surface area (Å²) in [5, 5.41) is 0.551. The summed E-state index contributed by atoms with van der Waals surface area (Å²) in [5.74, 6) is -1.05. The van der Waals surface area contributed by atoms with Gasteiger partial charge in [0.1, 0.15) is 5.75 Å². The van der Waals surface area contributed by atoms with Gasteiger partial charge in [0.25, 0.3) is 0 Å². The fourth-order valence-electron chi connectivity index (χ4n) is 3.47. The number of imide groups is 1. The monoisotopic (exact) mass is 381 g/mol. The molecule has 0 spiro atoms. The lowest BCUT2D eigenvalue weighted by molar-refractivity contribution is -0.122. The summed E-state index contributed by atoms with van der Waals surface area (Å²) in [4.78, 5) is 38.7. The maximum Gasteiger partial charge on any atom is 0.343 e. The molecule has 4 rings (SSSR count). The van der Waals surface area contributed by atoms with Crippen molar-refractivity contribution in [2.75, 3.05) is 4.90 Å². The van der Waals surface area contributed by atoms with E-state index in [4.69, 9.17) is 16.3 Å². The molecule has 2 aromatic rings. The van der Waals surface area contributed by atoms with Gasteiger partial charge in [-0.3, -0.25) is 14.5 Å². The second kappa shape index (κ2) is 7.00. The summed E-state index contributed by atoms with van der Waals surface area (Å²) >= 11 is 5.81. The molecule has 0 saturated carbocycles. The molecular weight excluding hydrogens is 366 g/mol. The molecule has 5 nitrogen and oxygen atoms in total. The topological polar surface area (TPSA) is 63.7 Å². The minimum absolute atomic E-state index is 0.175. The number of allylic oxidation sites excluding steroid dienone is 2. The standard InChI is InChI=1S/C21H16ClNO4/c22-14-7-11-16(12-8-14)27-21(26)13-5-9-15(10-6-13)23-19(24)17-3-1-2-4-18(17)20(23)25/h1-2,5-12,17-18H,3-4H2/t17-,18+. The number of amides is 2. The van der Waals surface area contributed by atoms with Gasteiger partial charge < -0.3 is 4.74 Å². The van der Waals surface area contributed by atoms with Crippen LogP contribution in [0.3, 0.4) is 0 Å². The molecule has 6 heteroatoms. The van der Waals surface area contributed by atoms with E-state index in [1.807, 2.05) is 12.2 Å². The summed E-state index contributed by atoms with van der Waals surface area (Å²) in [6, 6.07) is 12.8. The number of esters is 1. The number of benzene rings is 2. The third-order valence-electron chi connectivity index (χ3n) is 4.89. The van der Waals surface area contributed by atoms with Crippen molar-refractivity contribution in [1.29, 1.82) is 0 Å². The van der Waals surface area contributed by atoms with E-state index in [0.29, 0.717) is 34.9 Å². The van der Waals surface area contributed by atoms with Gasteiger partial charge in [-0.15, -0.1) is 0 Å². The average molecular weight is 382 g/mol. The lowest BCUT2D eigenvalue weighted by Crippen LogP contribution is -2.30. The number of nitrogens with zero attached hydrogens (tertiary/aromatic N) is 1. The van der Waals surface area contributed by atoms with E-state index in [1.54, 1.807) is 48.5 Å². The van der Waals surface area contributed by atoms with Crippen molar-refractivity contribution in [3.05, 3.63) is 71.3 Å². The van der Waals surface area contributed by atoms with Crippen molar-refractivity contribution in [3.63, 3.8) is 0 Å². The van der Waals surface area contributed by atoms with E-state index in [1.165, 1.54) is 4.90 Å². The van der Waals surface area contributed by atoms with Crippen molar-refractivity contribution < 1.29 is 19.1 Å². The highest BCUT2D eigenvalue weighted by atomic mass is 35.5. The highest BCUT2D eigenvalue weighted by Crippen LogP contribution is 2.37. The van der Waals surface area contributed by atoms with Gasteiger partial charge in [0.2, 0.25) is 11.8 Å². The highest BCUT2D eigenvalue weighted by molar-refractivity contribution is 6.30. The number of anilines is 1. The first-order valence-electron chi connectivity index (χ1n) is 8.65. The average Bonchev–Trinajstić information content (AvgIpc) is 2.95. The molecule has 2 aromatic carbocycles. The van der Waals surface area contributed by atoms with Crippen LogP contribution in [0.5, 0.6) is 5.75 Å². The van der Waals surface area contributed by atoms with Gasteiger partial charge in [0.05, 0.1) is 23.1 Å². The molecular formula is C21H16ClNO4. The Balaban J connectivity index is 1.50. The molecule has 0 unspecified atom stereocenters. The third-order valence-corrected chi connectivity index (χ3v) is 5.14. The van der Waals surface area contributed by atoms with E-state index in [0.717, 1.165) is 0 Å². The SMILES string of the molecule is O=C(Oc1ccc(Cl)cc1)c1ccc(N2C(=O)[C@H]3CC=CC[C@H]3C2=O)cc1. The summed E-state index contributed by atoms with van der Waals surface area (Å²) in [7, 11) is 0. The van der Waals surface area contributed by atoms with Crippen LogP contribution in [0.2, 0.25) is 5.02 Å². The lowest BCUT2D eigenvalue weighted by atomic mass is 9.85. The molecule has 0 bridgehead atoms. The first-order valence-corrected chi connectivity index (χ1v) is 9.03. The minimum Gasteiger partial charge on any atom is -0.423 e. The number of carbonyl (C=O) groups excluding carboxylic acids is 3. The number of rotatable bonds is 3. The van der Waals surface area contributed by atoms with Gasteiger partial charge >= 0.3 is 5.97 Å². The summed E-state index contributed by atoms with van der Waals surface area (Å²) in [5.41, 5.74) is 0.800. The Kier molecular flexibility index (Phi) is 4.54. The van der Waals surface area contributed by atoms with Crippen molar-refractivity contribution in [2.24, 2.45) is 11.8 Å². The van der Waals surface area contributed by atoms with Crippen LogP contribution >= 0.6 is 11.6 Å². The van der Waals surface area contributed by atoms with E-state index in [2.05, 4.69) is 0 Å². The highest BCUT2D eigenvalue weighted by Gasteiger charge is 2.47. The lowest BCUT2D eigenvalue weighted by Gasteiger charge is -2.15. The molecule has 0 radical (unpaired) electrons. The van der Waals surface area contributed by atoms with Crippen LogP contribution in [0, 0.1) is 11.8 Å². The Morgan fingerprint density at radius 1 is 0.889 bits per heavy atom. The largest absolute Gasteiger partial charge is 0.423 e. The molecule has 2 amide bonds. The van der Waals surface area contributed by atoms with Crippen LogP contribution in [-0.4, -0.2) is 17.8 Å². The second-order valence-corrected chi connectivity index (χ2v) is 6.99. The van der Waals surface area contributed by atoms with E-state index >= 15 is 0 Å². The number of hydrogen-bond acceptors (Lipinski definition) is 4. The predicted molar refractivity (Wildman–Crippen MR) is 101 cm³/mol. The zero-order chi connectivity index (χ0) is 19.0. The smallest absolute Gasteiger partial charge is 0.343 e. The van der Waals surface area contributed by atoms with Gasteiger partial charge in [0.15, 0.2) is 0 Å².